The smallest absolute Gasteiger partial charge is 0.410 e. The van der Waals surface area contributed by atoms with Crippen molar-refractivity contribution in [3.05, 3.63) is 94.4 Å². The van der Waals surface area contributed by atoms with Gasteiger partial charge in [-0.15, -0.1) is 0 Å². The number of rotatable bonds is 16. The molecule has 3 heterocycles. The van der Waals surface area contributed by atoms with Crippen LogP contribution in [0.2, 0.25) is 0 Å². The second-order valence-electron chi connectivity index (χ2n) is 23.4. The van der Waals surface area contributed by atoms with Crippen molar-refractivity contribution in [3.8, 4) is 16.9 Å². The minimum atomic E-state index is -1.06. The zero-order chi connectivity index (χ0) is 51.1. The average molecular weight is 977 g/mol. The number of carboxylic acids is 1. The minimum Gasteiger partial charge on any atom is -0.491 e. The lowest BCUT2D eigenvalue weighted by atomic mass is 9.39. The molecule has 9 rings (SSSR count). The SMILES string of the molecule is Cc1c(-c2ccc(N3CCc4c(OCCNC(=O)OCc5ccccc5)ccc(C(=O)O)c4C3)nc2C(=O)OC(C)(C)C)cnn1CC12CC3(C)CC(C)(C1)CC(OCCN(C)C(=O)OC(C)(C)C)(C3)C2. The van der Waals surface area contributed by atoms with Crippen molar-refractivity contribution in [1.82, 2.24) is 25.0 Å². The first-order valence-electron chi connectivity index (χ1n) is 24.9. The zero-order valence-electron chi connectivity index (χ0n) is 43.2. The molecule has 4 aromatic rings. The van der Waals surface area contributed by atoms with Gasteiger partial charge in [0, 0.05) is 55.6 Å². The number of hydrogen-bond donors (Lipinski definition) is 2. The Morgan fingerprint density at radius 3 is 2.21 bits per heavy atom. The first kappa shape index (κ1) is 51.2. The Labute approximate surface area is 417 Å². The molecule has 2 N–H and O–H groups in total. The van der Waals surface area contributed by atoms with Gasteiger partial charge in [0.15, 0.2) is 5.69 Å². The molecule has 5 aliphatic rings. The number of carbonyl (C=O) groups excluding carboxylic acids is 3. The molecule has 4 fully saturated rings. The van der Waals surface area contributed by atoms with E-state index in [9.17, 15) is 24.3 Å². The Kier molecular flexibility index (Phi) is 14.0. The number of likely N-dealkylation sites (N-methyl/N-ethyl adjacent to an activating group) is 1. The predicted molar refractivity (Wildman–Crippen MR) is 268 cm³/mol. The Balaban J connectivity index is 0.995. The van der Waals surface area contributed by atoms with Crippen LogP contribution < -0.4 is 15.0 Å². The summed E-state index contributed by atoms with van der Waals surface area (Å²) in [4.78, 5) is 60.4. The monoisotopic (exact) mass is 977 g/mol. The fourth-order valence-corrected chi connectivity index (χ4v) is 12.8. The second-order valence-corrected chi connectivity index (χ2v) is 23.4. The Hall–Kier alpha value is -6.16. The first-order chi connectivity index (χ1) is 33.3. The summed E-state index contributed by atoms with van der Waals surface area (Å²) in [6, 6.07) is 16.4. The fraction of sp³-hybridized carbons (Fsp3) is 0.564. The van der Waals surface area contributed by atoms with Crippen LogP contribution in [-0.2, 0) is 45.1 Å². The van der Waals surface area contributed by atoms with Crippen molar-refractivity contribution < 1.29 is 48.0 Å². The van der Waals surface area contributed by atoms with Crippen LogP contribution in [-0.4, -0.2) is 106 Å². The van der Waals surface area contributed by atoms with E-state index >= 15 is 0 Å². The molecule has 71 heavy (non-hydrogen) atoms. The lowest BCUT2D eigenvalue weighted by molar-refractivity contribution is -0.248. The zero-order valence-corrected chi connectivity index (χ0v) is 43.2. The molecule has 2 amide bonds. The van der Waals surface area contributed by atoms with Gasteiger partial charge in [-0.2, -0.15) is 5.10 Å². The number of nitrogens with one attached hydrogen (secondary N) is 1. The van der Waals surface area contributed by atoms with Gasteiger partial charge in [0.05, 0.1) is 30.5 Å². The van der Waals surface area contributed by atoms with Crippen LogP contribution >= 0.6 is 0 Å². The summed E-state index contributed by atoms with van der Waals surface area (Å²) in [5.41, 5.74) is 3.26. The number of anilines is 1. The van der Waals surface area contributed by atoms with Crippen LogP contribution in [0.3, 0.4) is 0 Å². The third kappa shape index (κ3) is 11.8. The van der Waals surface area contributed by atoms with E-state index < -0.39 is 29.2 Å². The predicted octanol–water partition coefficient (Wildman–Crippen LogP) is 9.78. The van der Waals surface area contributed by atoms with E-state index in [1.54, 1.807) is 18.0 Å². The van der Waals surface area contributed by atoms with Crippen molar-refractivity contribution >= 4 is 29.9 Å². The van der Waals surface area contributed by atoms with Crippen molar-refractivity contribution in [2.45, 2.75) is 144 Å². The van der Waals surface area contributed by atoms with Crippen LogP contribution in [0.1, 0.15) is 137 Å². The summed E-state index contributed by atoms with van der Waals surface area (Å²) in [6.07, 6.45) is 7.48. The maximum Gasteiger partial charge on any atom is 0.410 e. The van der Waals surface area contributed by atoms with Crippen LogP contribution in [0, 0.1) is 23.2 Å². The van der Waals surface area contributed by atoms with Crippen molar-refractivity contribution in [2.75, 3.05) is 44.8 Å². The van der Waals surface area contributed by atoms with Gasteiger partial charge >= 0.3 is 24.1 Å². The number of nitrogens with zero attached hydrogens (tertiary/aromatic N) is 5. The lowest BCUT2D eigenvalue weighted by Gasteiger charge is -2.69. The summed E-state index contributed by atoms with van der Waals surface area (Å²) in [7, 11) is 1.76. The highest BCUT2D eigenvalue weighted by molar-refractivity contribution is 5.96. The molecule has 0 spiro atoms. The third-order valence-electron chi connectivity index (χ3n) is 14.3. The maximum absolute atomic E-state index is 14.2. The summed E-state index contributed by atoms with van der Waals surface area (Å²) >= 11 is 0. The molecule has 382 valence electrons. The molecular formula is C55H72N6O10. The van der Waals surface area contributed by atoms with E-state index in [2.05, 4.69) is 23.8 Å². The van der Waals surface area contributed by atoms with E-state index in [-0.39, 0.29) is 65.5 Å². The van der Waals surface area contributed by atoms with Crippen LogP contribution in [0.15, 0.2) is 60.8 Å². The van der Waals surface area contributed by atoms with Crippen molar-refractivity contribution in [3.63, 3.8) is 0 Å². The minimum absolute atomic E-state index is 0.0722. The molecule has 2 aromatic carbocycles. The molecule has 2 unspecified atom stereocenters. The Bertz CT molecular complexity index is 2630. The number of alkyl carbamates (subject to hydrolysis) is 1. The highest BCUT2D eigenvalue weighted by atomic mass is 16.6. The van der Waals surface area contributed by atoms with E-state index in [4.69, 9.17) is 33.8 Å². The number of amides is 2. The number of esters is 1. The number of hydrogen-bond acceptors (Lipinski definition) is 12. The number of carbonyl (C=O) groups is 4. The van der Waals surface area contributed by atoms with Crippen LogP contribution in [0.4, 0.5) is 15.4 Å². The molecule has 2 atom stereocenters. The summed E-state index contributed by atoms with van der Waals surface area (Å²) in [5.74, 6) is -0.595. The number of pyridine rings is 1. The number of fused-ring (bicyclic) bond motifs is 1. The van der Waals surface area contributed by atoms with Crippen LogP contribution in [0.25, 0.3) is 11.1 Å². The Morgan fingerprint density at radius 2 is 1.54 bits per heavy atom. The number of carboxylic acid groups (broad SMARTS) is 1. The molecule has 16 nitrogen and oxygen atoms in total. The van der Waals surface area contributed by atoms with Gasteiger partial charge < -0.3 is 43.9 Å². The standard InChI is InChI=1S/C55H72N6O10/c1-36-41(26-57-61(36)35-54-30-52(8)29-53(9,31-54)33-55(32-52,34-54)69-25-23-59(10)49(66)71-51(5,6)7)39-17-19-44(58-45(39)47(64)70-50(2,3)4)60-22-20-38-42(27-60)40(46(62)63)16-18-43(38)67-24-21-56-48(65)68-28-37-14-12-11-13-15-37/h11-19,26H,20-25,27-35H2,1-10H3,(H,56,65)(H,62,63). The Morgan fingerprint density at radius 1 is 0.831 bits per heavy atom. The molecule has 4 saturated carbocycles. The molecule has 1 aliphatic heterocycles. The summed E-state index contributed by atoms with van der Waals surface area (Å²) in [6.45, 7) is 20.6. The van der Waals surface area contributed by atoms with Gasteiger partial charge in [0.25, 0.3) is 0 Å². The largest absolute Gasteiger partial charge is 0.491 e. The lowest BCUT2D eigenvalue weighted by Crippen LogP contribution is -2.64. The molecule has 0 radical (unpaired) electrons. The van der Waals surface area contributed by atoms with Gasteiger partial charge in [0.2, 0.25) is 0 Å². The van der Waals surface area contributed by atoms with Gasteiger partial charge in [-0.3, -0.25) is 4.68 Å². The number of ether oxygens (including phenoxy) is 5. The first-order valence-corrected chi connectivity index (χ1v) is 24.9. The van der Waals surface area contributed by atoms with E-state index in [0.29, 0.717) is 55.4 Å². The topological polar surface area (TPSA) is 184 Å². The van der Waals surface area contributed by atoms with Gasteiger partial charge in [-0.05, 0) is 145 Å². The maximum atomic E-state index is 14.2. The normalized spacial score (nSPS) is 23.4. The number of benzene rings is 2. The molecule has 16 heteroatoms. The molecule has 4 aliphatic carbocycles. The van der Waals surface area contributed by atoms with Gasteiger partial charge in [0.1, 0.15) is 36.0 Å². The molecular weight excluding hydrogens is 905 g/mol. The summed E-state index contributed by atoms with van der Waals surface area (Å²) in [5, 5.41) is 18.0. The van der Waals surface area contributed by atoms with E-state index in [1.165, 1.54) is 6.07 Å². The van der Waals surface area contributed by atoms with Crippen molar-refractivity contribution in [2.24, 2.45) is 16.2 Å². The van der Waals surface area contributed by atoms with E-state index in [0.717, 1.165) is 60.9 Å². The van der Waals surface area contributed by atoms with Crippen molar-refractivity contribution in [1.29, 1.82) is 0 Å². The fourth-order valence-electron chi connectivity index (χ4n) is 12.8. The second kappa shape index (κ2) is 19.5. The average Bonchev–Trinajstić information content (AvgIpc) is 3.62. The highest BCUT2D eigenvalue weighted by Gasteiger charge is 2.66. The summed E-state index contributed by atoms with van der Waals surface area (Å²) < 4.78 is 32.0. The number of aromatic nitrogens is 3. The molecule has 4 bridgehead atoms. The van der Waals surface area contributed by atoms with E-state index in [1.807, 2.05) is 102 Å². The van der Waals surface area contributed by atoms with Crippen LogP contribution in [0.5, 0.6) is 5.75 Å². The van der Waals surface area contributed by atoms with Gasteiger partial charge in [-0.25, -0.2) is 24.2 Å². The molecule has 0 saturated heterocycles. The third-order valence-corrected chi connectivity index (χ3v) is 14.3. The highest BCUT2D eigenvalue weighted by Crippen LogP contribution is 2.72. The molecule has 2 aromatic heterocycles. The van der Waals surface area contributed by atoms with Gasteiger partial charge in [-0.1, -0.05) is 44.2 Å². The quantitative estimate of drug-likeness (QED) is 0.0615. The number of aromatic carboxylic acids is 1.